The molecule has 11 heteroatoms. The lowest BCUT2D eigenvalue weighted by Crippen LogP contribution is -2.53. The van der Waals surface area contributed by atoms with E-state index < -0.39 is 34.4 Å². The minimum absolute atomic E-state index is 0.0337. The van der Waals surface area contributed by atoms with Gasteiger partial charge in [-0.25, -0.2) is 8.42 Å². The van der Waals surface area contributed by atoms with Gasteiger partial charge in [0.05, 0.1) is 15.6 Å². The van der Waals surface area contributed by atoms with Crippen molar-refractivity contribution in [1.29, 1.82) is 0 Å². The van der Waals surface area contributed by atoms with Crippen LogP contribution in [0.15, 0.2) is 108 Å². The Balaban J connectivity index is 1.81. The zero-order valence-corrected chi connectivity index (χ0v) is 25.7. The molecule has 0 aliphatic carbocycles. The quantitative estimate of drug-likeness (QED) is 0.210. The second kappa shape index (κ2) is 14.1. The van der Waals surface area contributed by atoms with Gasteiger partial charge in [-0.3, -0.25) is 13.9 Å². The second-order valence-corrected chi connectivity index (χ2v) is 12.5. The minimum atomic E-state index is -4.28. The third-order valence-corrected chi connectivity index (χ3v) is 9.29. The van der Waals surface area contributed by atoms with E-state index in [1.165, 1.54) is 42.3 Å². The molecule has 0 radical (unpaired) electrons. The second-order valence-electron chi connectivity index (χ2n) is 9.35. The normalized spacial score (nSPS) is 11.9. The number of hydrogen-bond donors (Lipinski definition) is 1. The van der Waals surface area contributed by atoms with Crippen LogP contribution in [-0.4, -0.2) is 44.8 Å². The van der Waals surface area contributed by atoms with Crippen molar-refractivity contribution in [2.45, 2.75) is 23.9 Å². The average molecular weight is 645 g/mol. The summed E-state index contributed by atoms with van der Waals surface area (Å²) in [5, 5.41) is 3.39. The third-order valence-electron chi connectivity index (χ3n) is 6.60. The number of hydrogen-bond acceptors (Lipinski definition) is 4. The number of sulfonamides is 1. The van der Waals surface area contributed by atoms with Gasteiger partial charge in [0.15, 0.2) is 0 Å². The molecular weight excluding hydrogens is 617 g/mol. The molecule has 0 saturated carbocycles. The molecule has 218 valence electrons. The fourth-order valence-electron chi connectivity index (χ4n) is 4.45. The van der Waals surface area contributed by atoms with Crippen LogP contribution in [0.2, 0.25) is 15.1 Å². The molecule has 0 saturated heterocycles. The van der Waals surface area contributed by atoms with Crippen molar-refractivity contribution in [2.24, 2.45) is 0 Å². The van der Waals surface area contributed by atoms with Gasteiger partial charge >= 0.3 is 0 Å². The van der Waals surface area contributed by atoms with Crippen molar-refractivity contribution in [1.82, 2.24) is 10.2 Å². The number of carbonyl (C=O) groups is 2. The molecule has 1 N–H and O–H groups in total. The summed E-state index contributed by atoms with van der Waals surface area (Å²) in [5.41, 5.74) is 1.48. The van der Waals surface area contributed by atoms with E-state index >= 15 is 0 Å². The standard InChI is InChI=1S/C31H28Cl3N3O4S/c1-35-31(39)29(18-22-10-4-2-5-11-22)36(20-23-12-8-9-15-26(23)33)30(38)21-37(28-17-16-24(32)19-27(28)34)42(40,41)25-13-6-3-7-14-25/h2-17,19,29H,18,20-21H2,1H3,(H,35,39). The van der Waals surface area contributed by atoms with Crippen molar-refractivity contribution in [3.63, 3.8) is 0 Å². The van der Waals surface area contributed by atoms with Crippen molar-refractivity contribution < 1.29 is 18.0 Å². The Hall–Kier alpha value is -3.56. The van der Waals surface area contributed by atoms with Crippen LogP contribution >= 0.6 is 34.8 Å². The molecule has 1 unspecified atom stereocenters. The topological polar surface area (TPSA) is 86.8 Å². The number of amides is 2. The average Bonchev–Trinajstić information content (AvgIpc) is 2.99. The fourth-order valence-corrected chi connectivity index (χ4v) is 6.66. The largest absolute Gasteiger partial charge is 0.357 e. The highest BCUT2D eigenvalue weighted by atomic mass is 35.5. The molecule has 0 bridgehead atoms. The lowest BCUT2D eigenvalue weighted by atomic mass is 10.0. The molecular formula is C31H28Cl3N3O4S. The number of likely N-dealkylation sites (N-methyl/N-ethyl adjacent to an activating group) is 1. The van der Waals surface area contributed by atoms with E-state index in [9.17, 15) is 18.0 Å². The Morgan fingerprint density at radius 1 is 0.810 bits per heavy atom. The number of rotatable bonds is 11. The number of anilines is 1. The van der Waals surface area contributed by atoms with E-state index in [0.717, 1.165) is 9.87 Å². The lowest BCUT2D eigenvalue weighted by molar-refractivity contribution is -0.139. The Morgan fingerprint density at radius 3 is 2.05 bits per heavy atom. The molecule has 0 aromatic heterocycles. The summed E-state index contributed by atoms with van der Waals surface area (Å²) in [5.74, 6) is -1.05. The van der Waals surface area contributed by atoms with Gasteiger partial charge < -0.3 is 10.2 Å². The van der Waals surface area contributed by atoms with Crippen LogP contribution in [0.4, 0.5) is 5.69 Å². The van der Waals surface area contributed by atoms with Crippen molar-refractivity contribution in [3.05, 3.63) is 129 Å². The van der Waals surface area contributed by atoms with E-state index in [4.69, 9.17) is 34.8 Å². The molecule has 0 heterocycles. The van der Waals surface area contributed by atoms with E-state index in [-0.39, 0.29) is 28.6 Å². The van der Waals surface area contributed by atoms with E-state index in [1.54, 1.807) is 42.5 Å². The number of nitrogens with zero attached hydrogens (tertiary/aromatic N) is 2. The maximum Gasteiger partial charge on any atom is 0.264 e. The van der Waals surface area contributed by atoms with Crippen LogP contribution in [0.25, 0.3) is 0 Å². The predicted octanol–water partition coefficient (Wildman–Crippen LogP) is 6.23. The third kappa shape index (κ3) is 7.44. The predicted molar refractivity (Wildman–Crippen MR) is 167 cm³/mol. The monoisotopic (exact) mass is 643 g/mol. The summed E-state index contributed by atoms with van der Waals surface area (Å²) in [6.45, 7) is -0.692. The Bertz CT molecular complexity index is 1650. The first kappa shape index (κ1) is 31.4. The summed E-state index contributed by atoms with van der Waals surface area (Å²) in [6.07, 6.45) is 0.184. The molecule has 7 nitrogen and oxygen atoms in total. The molecule has 1 atom stereocenters. The lowest BCUT2D eigenvalue weighted by Gasteiger charge is -2.34. The molecule has 2 amide bonds. The number of carbonyl (C=O) groups excluding carboxylic acids is 2. The van der Waals surface area contributed by atoms with Crippen LogP contribution in [0, 0.1) is 0 Å². The first-order valence-electron chi connectivity index (χ1n) is 12.9. The minimum Gasteiger partial charge on any atom is -0.357 e. The maximum absolute atomic E-state index is 14.3. The summed E-state index contributed by atoms with van der Waals surface area (Å²) >= 11 is 19.0. The van der Waals surface area contributed by atoms with Gasteiger partial charge in [-0.1, -0.05) is 102 Å². The first-order chi connectivity index (χ1) is 20.1. The Morgan fingerprint density at radius 2 is 1.43 bits per heavy atom. The van der Waals surface area contributed by atoms with E-state index in [2.05, 4.69) is 5.32 Å². The summed E-state index contributed by atoms with van der Waals surface area (Å²) in [4.78, 5) is 28.9. The van der Waals surface area contributed by atoms with Gasteiger partial charge in [0.1, 0.15) is 12.6 Å². The number of benzene rings is 4. The SMILES string of the molecule is CNC(=O)C(Cc1ccccc1)N(Cc1ccccc1Cl)C(=O)CN(c1ccc(Cl)cc1Cl)S(=O)(=O)c1ccccc1. The molecule has 4 aromatic carbocycles. The van der Waals surface area contributed by atoms with Crippen LogP contribution in [0.5, 0.6) is 0 Å². The van der Waals surface area contributed by atoms with Crippen molar-refractivity contribution in [3.8, 4) is 0 Å². The van der Waals surface area contributed by atoms with Gasteiger partial charge in [0.25, 0.3) is 10.0 Å². The van der Waals surface area contributed by atoms with Crippen LogP contribution < -0.4 is 9.62 Å². The van der Waals surface area contributed by atoms with Gasteiger partial charge in [0, 0.05) is 30.1 Å². The number of nitrogens with one attached hydrogen (secondary N) is 1. The van der Waals surface area contributed by atoms with Gasteiger partial charge in [-0.2, -0.15) is 0 Å². The number of halogens is 3. The molecule has 4 rings (SSSR count). The maximum atomic E-state index is 14.3. The van der Waals surface area contributed by atoms with Crippen LogP contribution in [0.1, 0.15) is 11.1 Å². The molecule has 42 heavy (non-hydrogen) atoms. The highest BCUT2D eigenvalue weighted by Gasteiger charge is 2.35. The molecule has 0 fully saturated rings. The zero-order valence-electron chi connectivity index (χ0n) is 22.6. The molecule has 0 aliphatic heterocycles. The molecule has 4 aromatic rings. The fraction of sp³-hybridized carbons (Fsp3) is 0.161. The zero-order chi connectivity index (χ0) is 30.3. The van der Waals surface area contributed by atoms with Gasteiger partial charge in [-0.05, 0) is 47.5 Å². The molecule has 0 aliphatic rings. The Kier molecular flexibility index (Phi) is 10.5. The van der Waals surface area contributed by atoms with Crippen molar-refractivity contribution >= 4 is 62.3 Å². The smallest absolute Gasteiger partial charge is 0.264 e. The first-order valence-corrected chi connectivity index (χ1v) is 15.5. The van der Waals surface area contributed by atoms with Crippen molar-refractivity contribution in [2.75, 3.05) is 17.9 Å². The highest BCUT2D eigenvalue weighted by molar-refractivity contribution is 7.92. The summed E-state index contributed by atoms with van der Waals surface area (Å²) < 4.78 is 28.8. The summed E-state index contributed by atoms with van der Waals surface area (Å²) in [6, 6.07) is 27.3. The van der Waals surface area contributed by atoms with Crippen LogP contribution in [-0.2, 0) is 32.6 Å². The summed E-state index contributed by atoms with van der Waals surface area (Å²) in [7, 11) is -2.79. The van der Waals surface area contributed by atoms with Gasteiger partial charge in [-0.15, -0.1) is 0 Å². The Labute approximate surface area is 260 Å². The molecule has 0 spiro atoms. The van der Waals surface area contributed by atoms with E-state index in [1.807, 2.05) is 30.3 Å². The van der Waals surface area contributed by atoms with E-state index in [0.29, 0.717) is 15.6 Å². The van der Waals surface area contributed by atoms with Crippen LogP contribution in [0.3, 0.4) is 0 Å². The highest BCUT2D eigenvalue weighted by Crippen LogP contribution is 2.33. The van der Waals surface area contributed by atoms with Gasteiger partial charge in [0.2, 0.25) is 11.8 Å².